The molecular weight excluding hydrogens is 276 g/mol. The second kappa shape index (κ2) is 4.82. The van der Waals surface area contributed by atoms with Crippen LogP contribution in [0, 0.1) is 17.3 Å². The number of hydrogen-bond acceptors (Lipinski definition) is 3. The average molecular weight is 300 g/mol. The van der Waals surface area contributed by atoms with Gasteiger partial charge < -0.3 is 10.2 Å². The third-order valence-electron chi connectivity index (χ3n) is 7.00. The van der Waals surface area contributed by atoms with Crippen LogP contribution in [-0.2, 0) is 6.42 Å². The summed E-state index contributed by atoms with van der Waals surface area (Å²) in [5, 5.41) is 20.3. The van der Waals surface area contributed by atoms with Crippen LogP contribution in [0.5, 0.6) is 5.75 Å². The zero-order valence-corrected chi connectivity index (χ0v) is 13.1. The van der Waals surface area contributed by atoms with Crippen LogP contribution in [0.4, 0.5) is 0 Å². The minimum Gasteiger partial charge on any atom is -0.507 e. The van der Waals surface area contributed by atoms with Gasteiger partial charge in [0, 0.05) is 0 Å². The Bertz CT molecular complexity index is 623. The second-order valence-electron chi connectivity index (χ2n) is 7.74. The fraction of sp³-hybridized carbons (Fsp3) is 0.632. The molecule has 1 unspecified atom stereocenters. The smallest absolute Gasteiger partial charge is 0.154 e. The number of phenols is 1. The largest absolute Gasteiger partial charge is 0.507 e. The molecule has 5 atom stereocenters. The Morgan fingerprint density at radius 2 is 2.05 bits per heavy atom. The van der Waals surface area contributed by atoms with Gasteiger partial charge in [-0.1, -0.05) is 13.0 Å². The quantitative estimate of drug-likeness (QED) is 0.781. The minimum absolute atomic E-state index is 0.0864. The van der Waals surface area contributed by atoms with E-state index in [1.807, 2.05) is 6.07 Å². The maximum absolute atomic E-state index is 11.3. The van der Waals surface area contributed by atoms with Crippen LogP contribution in [0.1, 0.15) is 66.4 Å². The van der Waals surface area contributed by atoms with Gasteiger partial charge in [-0.25, -0.2) is 0 Å². The lowest BCUT2D eigenvalue weighted by molar-refractivity contribution is -0.0226. The Morgan fingerprint density at radius 3 is 2.82 bits per heavy atom. The molecule has 2 saturated carbocycles. The third-order valence-corrected chi connectivity index (χ3v) is 7.00. The van der Waals surface area contributed by atoms with Crippen LogP contribution in [0.2, 0.25) is 0 Å². The van der Waals surface area contributed by atoms with E-state index in [-0.39, 0.29) is 17.3 Å². The monoisotopic (exact) mass is 300 g/mol. The van der Waals surface area contributed by atoms with Gasteiger partial charge in [0.2, 0.25) is 0 Å². The summed E-state index contributed by atoms with van der Waals surface area (Å²) < 4.78 is 0. The van der Waals surface area contributed by atoms with Crippen LogP contribution >= 0.6 is 0 Å². The highest BCUT2D eigenvalue weighted by molar-refractivity contribution is 5.82. The summed E-state index contributed by atoms with van der Waals surface area (Å²) in [5.41, 5.74) is 2.93. The Balaban J connectivity index is 1.75. The van der Waals surface area contributed by atoms with Crippen molar-refractivity contribution in [3.8, 4) is 5.75 Å². The minimum atomic E-state index is -0.148. The molecule has 118 valence electrons. The fourth-order valence-corrected chi connectivity index (χ4v) is 5.79. The van der Waals surface area contributed by atoms with Crippen molar-refractivity contribution in [2.45, 2.75) is 57.5 Å². The summed E-state index contributed by atoms with van der Waals surface area (Å²) in [4.78, 5) is 11.3. The summed E-state index contributed by atoms with van der Waals surface area (Å²) in [6.07, 6.45) is 6.84. The lowest BCUT2D eigenvalue weighted by Crippen LogP contribution is -2.44. The average Bonchev–Trinajstić information content (AvgIpc) is 2.82. The molecule has 0 spiro atoms. The van der Waals surface area contributed by atoms with Crippen LogP contribution in [0.15, 0.2) is 12.1 Å². The van der Waals surface area contributed by atoms with E-state index < -0.39 is 0 Å². The molecule has 0 aromatic heterocycles. The van der Waals surface area contributed by atoms with E-state index in [2.05, 4.69) is 6.92 Å². The molecule has 1 aromatic rings. The maximum atomic E-state index is 11.3. The molecule has 3 nitrogen and oxygen atoms in total. The zero-order chi connectivity index (χ0) is 15.5. The SMILES string of the molecule is C[C@]12CC[C@@H]3c4ccc(O)c(C=O)c4CC[C@H]3[C@@H]1CCC2O. The molecule has 1 aromatic carbocycles. The van der Waals surface area contributed by atoms with E-state index in [4.69, 9.17) is 0 Å². The van der Waals surface area contributed by atoms with Crippen molar-refractivity contribution in [1.29, 1.82) is 0 Å². The Hall–Kier alpha value is -1.35. The first-order valence-electron chi connectivity index (χ1n) is 8.54. The number of hydrogen-bond donors (Lipinski definition) is 2. The number of carbonyl (C=O) groups is 1. The summed E-state index contributed by atoms with van der Waals surface area (Å²) in [7, 11) is 0. The lowest BCUT2D eigenvalue weighted by atomic mass is 9.55. The first kappa shape index (κ1) is 14.3. The fourth-order valence-electron chi connectivity index (χ4n) is 5.79. The second-order valence-corrected chi connectivity index (χ2v) is 7.74. The molecule has 0 bridgehead atoms. The standard InChI is InChI=1S/C19H24O3/c1-19-9-8-13-11-4-6-17(21)15(10-20)12(11)2-3-14(13)16(19)5-7-18(19)22/h4,6,10,13-14,16,18,21-22H,2-3,5,7-9H2,1H3/t13-,14-,16+,18?,19+/m1/s1. The highest BCUT2D eigenvalue weighted by Gasteiger charge is 2.54. The molecule has 0 saturated heterocycles. The van der Waals surface area contributed by atoms with E-state index in [0.29, 0.717) is 23.3 Å². The number of aliphatic hydroxyl groups is 1. The number of aldehydes is 1. The number of aromatic hydroxyl groups is 1. The Kier molecular flexibility index (Phi) is 3.12. The number of aliphatic hydroxyl groups excluding tert-OH is 1. The van der Waals surface area contributed by atoms with Gasteiger partial charge in [-0.3, -0.25) is 4.79 Å². The van der Waals surface area contributed by atoms with Gasteiger partial charge in [0.1, 0.15) is 5.75 Å². The number of benzene rings is 1. The van der Waals surface area contributed by atoms with Crippen molar-refractivity contribution in [1.82, 2.24) is 0 Å². The molecule has 0 heterocycles. The van der Waals surface area contributed by atoms with E-state index in [1.165, 1.54) is 5.56 Å². The van der Waals surface area contributed by atoms with Gasteiger partial charge in [0.05, 0.1) is 11.7 Å². The topological polar surface area (TPSA) is 57.5 Å². The van der Waals surface area contributed by atoms with Crippen LogP contribution in [0.25, 0.3) is 0 Å². The summed E-state index contributed by atoms with van der Waals surface area (Å²) >= 11 is 0. The molecular formula is C19H24O3. The van der Waals surface area contributed by atoms with Crippen LogP contribution < -0.4 is 0 Å². The molecule has 0 aliphatic heterocycles. The normalized spacial score (nSPS) is 39.7. The molecule has 3 aliphatic carbocycles. The first-order chi connectivity index (χ1) is 10.6. The van der Waals surface area contributed by atoms with Crippen molar-refractivity contribution in [3.05, 3.63) is 28.8 Å². The summed E-state index contributed by atoms with van der Waals surface area (Å²) in [6.45, 7) is 2.27. The van der Waals surface area contributed by atoms with Crippen molar-refractivity contribution in [2.24, 2.45) is 17.3 Å². The highest BCUT2D eigenvalue weighted by atomic mass is 16.3. The summed E-state index contributed by atoms with van der Waals surface area (Å²) in [5.74, 6) is 1.82. The van der Waals surface area contributed by atoms with Gasteiger partial charge in [-0.05, 0) is 78.9 Å². The first-order valence-corrected chi connectivity index (χ1v) is 8.54. The zero-order valence-electron chi connectivity index (χ0n) is 13.1. The predicted octanol–water partition coefficient (Wildman–Crippen LogP) is 3.42. The van der Waals surface area contributed by atoms with Gasteiger partial charge in [-0.2, -0.15) is 0 Å². The van der Waals surface area contributed by atoms with Crippen molar-refractivity contribution in [2.75, 3.05) is 0 Å². The predicted molar refractivity (Wildman–Crippen MR) is 84.1 cm³/mol. The van der Waals surface area contributed by atoms with Crippen molar-refractivity contribution in [3.63, 3.8) is 0 Å². The molecule has 0 radical (unpaired) electrons. The van der Waals surface area contributed by atoms with Gasteiger partial charge >= 0.3 is 0 Å². The van der Waals surface area contributed by atoms with E-state index >= 15 is 0 Å². The molecule has 22 heavy (non-hydrogen) atoms. The highest BCUT2D eigenvalue weighted by Crippen LogP contribution is 2.61. The Morgan fingerprint density at radius 1 is 1.23 bits per heavy atom. The van der Waals surface area contributed by atoms with Crippen LogP contribution in [0.3, 0.4) is 0 Å². The van der Waals surface area contributed by atoms with Crippen LogP contribution in [-0.4, -0.2) is 22.6 Å². The number of carbonyl (C=O) groups excluding carboxylic acids is 1. The molecule has 4 rings (SSSR count). The van der Waals surface area contributed by atoms with Crippen molar-refractivity contribution >= 4 is 6.29 Å². The van der Waals surface area contributed by atoms with Crippen molar-refractivity contribution < 1.29 is 15.0 Å². The molecule has 2 N–H and O–H groups in total. The maximum Gasteiger partial charge on any atom is 0.154 e. The molecule has 0 amide bonds. The summed E-state index contributed by atoms with van der Waals surface area (Å²) in [6, 6.07) is 3.71. The van der Waals surface area contributed by atoms with Gasteiger partial charge in [-0.15, -0.1) is 0 Å². The van der Waals surface area contributed by atoms with E-state index in [0.717, 1.165) is 50.4 Å². The number of fused-ring (bicyclic) bond motifs is 5. The van der Waals surface area contributed by atoms with Gasteiger partial charge in [0.25, 0.3) is 0 Å². The van der Waals surface area contributed by atoms with Gasteiger partial charge in [0.15, 0.2) is 6.29 Å². The van der Waals surface area contributed by atoms with E-state index in [9.17, 15) is 15.0 Å². The third kappa shape index (κ3) is 1.75. The molecule has 3 heteroatoms. The molecule has 2 fully saturated rings. The number of phenolic OH excluding ortho intramolecular Hbond substituents is 1. The molecule has 3 aliphatic rings. The lowest BCUT2D eigenvalue weighted by Gasteiger charge is -2.50. The van der Waals surface area contributed by atoms with E-state index in [1.54, 1.807) is 6.07 Å². The Labute approximate surface area is 131 Å². The number of rotatable bonds is 1.